The van der Waals surface area contributed by atoms with Crippen LogP contribution >= 0.6 is 11.3 Å². The van der Waals surface area contributed by atoms with Crippen LogP contribution in [-0.2, 0) is 16.2 Å². The summed E-state index contributed by atoms with van der Waals surface area (Å²) < 4.78 is 1.63. The number of amides is 1. The van der Waals surface area contributed by atoms with Gasteiger partial charge in [0.25, 0.3) is 0 Å². The number of carbonyl (C=O) groups excluding carboxylic acids is 3. The summed E-state index contributed by atoms with van der Waals surface area (Å²) in [6.07, 6.45) is 5.09. The molecule has 2 aliphatic heterocycles. The van der Waals surface area contributed by atoms with Crippen LogP contribution in [0.2, 0.25) is 0 Å². The average Bonchev–Trinajstić information content (AvgIpc) is 3.42. The third-order valence-corrected chi connectivity index (χ3v) is 7.44. The molecule has 3 aromatic heterocycles. The molecule has 0 spiro atoms. The summed E-state index contributed by atoms with van der Waals surface area (Å²) in [5.74, 6) is -3.31. The average molecular weight is 490 g/mol. The van der Waals surface area contributed by atoms with Crippen molar-refractivity contribution in [3.8, 4) is 0 Å². The summed E-state index contributed by atoms with van der Waals surface area (Å²) in [6.45, 7) is 3.08. The standard InChI is InChI=1S/C22H20N4O6S.Na/c1-9-14(18(22(31)32)26-17(9)15(10(2)28)20(26)30)13-6-25-8-24-16(21(25)33-13)19(29)12-3-11(7-27)4-23-5-12;/h3-6,8-10,15,17,27-28H,7H2,1-2H3,(H,31,32);/q;+1/p-1/t9-,10+,15+,17+;/m0./s1. The number of carboxylic acid groups (broad SMARTS) is 1. The predicted octanol–water partition coefficient (Wildman–Crippen LogP) is -3.16. The van der Waals surface area contributed by atoms with E-state index < -0.39 is 29.9 Å². The summed E-state index contributed by atoms with van der Waals surface area (Å²) in [6, 6.07) is 1.07. The van der Waals surface area contributed by atoms with Crippen molar-refractivity contribution in [2.75, 3.05) is 0 Å². The molecular formula is C22H19N4NaO6S. The fourth-order valence-electron chi connectivity index (χ4n) is 4.80. The number of hydrogen-bond acceptors (Lipinski definition) is 9. The van der Waals surface area contributed by atoms with Gasteiger partial charge in [-0.05, 0) is 18.6 Å². The van der Waals surface area contributed by atoms with Crippen molar-refractivity contribution in [2.24, 2.45) is 11.8 Å². The number of carboxylic acids is 1. The molecule has 2 aliphatic rings. The molecule has 0 saturated carbocycles. The normalized spacial score (nSPS) is 22.4. The van der Waals surface area contributed by atoms with E-state index in [4.69, 9.17) is 0 Å². The number of β-lactam (4-membered cyclic amide) rings is 1. The number of aliphatic carboxylic acids is 1. The zero-order valence-electron chi connectivity index (χ0n) is 18.6. The summed E-state index contributed by atoms with van der Waals surface area (Å²) in [5.41, 5.74) is 1.18. The van der Waals surface area contributed by atoms with Gasteiger partial charge in [0.2, 0.25) is 11.7 Å². The number of nitrogens with zero attached hydrogens (tertiary/aromatic N) is 4. The van der Waals surface area contributed by atoms with Crippen LogP contribution in [0.3, 0.4) is 0 Å². The minimum atomic E-state index is -1.46. The summed E-state index contributed by atoms with van der Waals surface area (Å²) in [7, 11) is 0. The number of pyridine rings is 1. The van der Waals surface area contributed by atoms with E-state index in [0.717, 1.165) is 0 Å². The van der Waals surface area contributed by atoms with Crippen molar-refractivity contribution in [2.45, 2.75) is 32.6 Å². The molecule has 1 saturated heterocycles. The molecule has 0 aliphatic carbocycles. The van der Waals surface area contributed by atoms with E-state index in [1.165, 1.54) is 47.9 Å². The SMILES string of the molecule is C[C@@H](O)[C@H]1C(=O)N2C(C(=O)[O-])=C(c3cn4cnc(C(=O)c5cncc(CO)c5)c4s3)[C@H](C)[C@H]12.[Na+]. The van der Waals surface area contributed by atoms with Crippen molar-refractivity contribution in [3.05, 3.63) is 58.4 Å². The first-order chi connectivity index (χ1) is 15.7. The molecule has 1 fully saturated rings. The number of imidazole rings is 1. The molecule has 0 aromatic carbocycles. The quantitative estimate of drug-likeness (QED) is 0.209. The first-order valence-electron chi connectivity index (χ1n) is 10.3. The second-order valence-electron chi connectivity index (χ2n) is 8.27. The Labute approximate surface area is 219 Å². The van der Waals surface area contributed by atoms with Crippen LogP contribution < -0.4 is 34.7 Å². The Morgan fingerprint density at radius 2 is 2.06 bits per heavy atom. The van der Waals surface area contributed by atoms with Crippen molar-refractivity contribution in [1.82, 2.24) is 19.3 Å². The van der Waals surface area contributed by atoms with Crippen LogP contribution in [0.4, 0.5) is 0 Å². The third-order valence-electron chi connectivity index (χ3n) is 6.30. The molecule has 0 bridgehead atoms. The molecule has 0 radical (unpaired) electrons. The maximum absolute atomic E-state index is 13.0. The molecule has 5 heterocycles. The zero-order valence-corrected chi connectivity index (χ0v) is 21.4. The fourth-order valence-corrected chi connectivity index (χ4v) is 6.01. The second-order valence-corrected chi connectivity index (χ2v) is 9.30. The van der Waals surface area contributed by atoms with Gasteiger partial charge in [-0.2, -0.15) is 0 Å². The first-order valence-corrected chi connectivity index (χ1v) is 11.1. The molecule has 4 atom stereocenters. The number of fused-ring (bicyclic) bond motifs is 2. The van der Waals surface area contributed by atoms with Gasteiger partial charge in [-0.3, -0.25) is 19.0 Å². The molecule has 5 rings (SSSR count). The van der Waals surface area contributed by atoms with Gasteiger partial charge in [-0.1, -0.05) is 6.92 Å². The van der Waals surface area contributed by atoms with Crippen LogP contribution in [0.5, 0.6) is 0 Å². The third kappa shape index (κ3) is 3.55. The monoisotopic (exact) mass is 490 g/mol. The van der Waals surface area contributed by atoms with Crippen LogP contribution in [0.25, 0.3) is 10.4 Å². The van der Waals surface area contributed by atoms with Gasteiger partial charge < -0.3 is 25.0 Å². The zero-order chi connectivity index (χ0) is 23.6. The number of carbonyl (C=O) groups is 3. The smallest absolute Gasteiger partial charge is 0.543 e. The van der Waals surface area contributed by atoms with E-state index in [1.54, 1.807) is 10.6 Å². The molecule has 3 aromatic rings. The van der Waals surface area contributed by atoms with E-state index in [-0.39, 0.29) is 64.8 Å². The fraction of sp³-hybridized carbons (Fsp3) is 0.318. The van der Waals surface area contributed by atoms with Gasteiger partial charge in [0, 0.05) is 35.6 Å². The van der Waals surface area contributed by atoms with E-state index in [2.05, 4.69) is 9.97 Å². The Kier molecular flexibility index (Phi) is 6.53. The van der Waals surface area contributed by atoms with Crippen molar-refractivity contribution >= 4 is 39.4 Å². The van der Waals surface area contributed by atoms with Crippen LogP contribution in [0.15, 0.2) is 36.7 Å². The molecule has 34 heavy (non-hydrogen) atoms. The number of rotatable bonds is 6. The van der Waals surface area contributed by atoms with Gasteiger partial charge in [0.1, 0.15) is 16.9 Å². The van der Waals surface area contributed by atoms with Crippen molar-refractivity contribution < 1.29 is 59.3 Å². The van der Waals surface area contributed by atoms with Crippen LogP contribution in [0.1, 0.15) is 40.3 Å². The first kappa shape index (κ1) is 24.7. The molecule has 1 amide bonds. The Balaban J connectivity index is 0.00000274. The summed E-state index contributed by atoms with van der Waals surface area (Å²) >= 11 is 1.19. The van der Waals surface area contributed by atoms with Crippen molar-refractivity contribution in [3.63, 3.8) is 0 Å². The van der Waals surface area contributed by atoms with Crippen LogP contribution in [0, 0.1) is 11.8 Å². The van der Waals surface area contributed by atoms with Crippen LogP contribution in [-0.4, -0.2) is 59.3 Å². The van der Waals surface area contributed by atoms with Gasteiger partial charge >= 0.3 is 29.6 Å². The molecule has 2 N–H and O–H groups in total. The van der Waals surface area contributed by atoms with Gasteiger partial charge in [-0.25, -0.2) is 4.98 Å². The van der Waals surface area contributed by atoms with E-state index in [1.807, 2.05) is 6.92 Å². The largest absolute Gasteiger partial charge is 1.00 e. The molecule has 0 unspecified atom stereocenters. The Morgan fingerprint density at radius 3 is 2.71 bits per heavy atom. The van der Waals surface area contributed by atoms with Gasteiger partial charge in [0.15, 0.2) is 0 Å². The number of ketones is 1. The van der Waals surface area contributed by atoms with Gasteiger partial charge in [-0.15, -0.1) is 11.3 Å². The van der Waals surface area contributed by atoms with E-state index in [0.29, 0.717) is 20.8 Å². The minimum Gasteiger partial charge on any atom is -0.543 e. The van der Waals surface area contributed by atoms with E-state index >= 15 is 0 Å². The minimum absolute atomic E-state index is 0. The number of aromatic nitrogens is 3. The van der Waals surface area contributed by atoms with Gasteiger partial charge in [0.05, 0.1) is 41.2 Å². The maximum atomic E-state index is 13.0. The molecule has 170 valence electrons. The number of thiazole rings is 1. The topological polar surface area (TPSA) is 148 Å². The second kappa shape index (κ2) is 8.99. The molecule has 12 heteroatoms. The Bertz CT molecular complexity index is 1360. The predicted molar refractivity (Wildman–Crippen MR) is 114 cm³/mol. The molecular weight excluding hydrogens is 471 g/mol. The Hall–Kier alpha value is -2.41. The number of aliphatic hydroxyl groups excluding tert-OH is 2. The molecule has 10 nitrogen and oxygen atoms in total. The Morgan fingerprint density at radius 1 is 1.32 bits per heavy atom. The maximum Gasteiger partial charge on any atom is 1.00 e. The number of aliphatic hydroxyl groups is 2. The summed E-state index contributed by atoms with van der Waals surface area (Å²) in [4.78, 5) is 48.1. The summed E-state index contributed by atoms with van der Waals surface area (Å²) in [5, 5.41) is 31.3. The number of hydrogen-bond donors (Lipinski definition) is 2. The van der Waals surface area contributed by atoms with Crippen molar-refractivity contribution in [1.29, 1.82) is 0 Å². The van der Waals surface area contributed by atoms with E-state index in [9.17, 15) is 29.7 Å².